The van der Waals surface area contributed by atoms with Crippen LogP contribution in [0.5, 0.6) is 0 Å². The SMILES string of the molecule is Cc1ccc(C(=O)N2C[C@H]3CC[C@@H](C2)N(CC2CCC2)C3=O)c(=O)[nH]1. The van der Waals surface area contributed by atoms with Gasteiger partial charge in [-0.1, -0.05) is 6.42 Å². The molecule has 1 aliphatic carbocycles. The van der Waals surface area contributed by atoms with Crippen molar-refractivity contribution in [2.45, 2.75) is 45.1 Å². The van der Waals surface area contributed by atoms with Crippen LogP contribution in [0, 0.1) is 18.8 Å². The highest BCUT2D eigenvalue weighted by Gasteiger charge is 2.43. The molecule has 25 heavy (non-hydrogen) atoms. The fourth-order valence-electron chi connectivity index (χ4n) is 4.31. The van der Waals surface area contributed by atoms with E-state index in [0.717, 1.165) is 25.1 Å². The molecule has 4 heterocycles. The van der Waals surface area contributed by atoms with Crippen molar-refractivity contribution >= 4 is 11.8 Å². The monoisotopic (exact) mass is 343 g/mol. The Kier molecular flexibility index (Phi) is 4.13. The smallest absolute Gasteiger partial charge is 0.260 e. The highest BCUT2D eigenvalue weighted by Crippen LogP contribution is 2.34. The number of piperidine rings is 1. The molecule has 6 nitrogen and oxygen atoms in total. The molecule has 0 aromatic carbocycles. The van der Waals surface area contributed by atoms with E-state index in [2.05, 4.69) is 4.98 Å². The molecule has 4 fully saturated rings. The average Bonchev–Trinajstić information content (AvgIpc) is 2.82. The number of carbonyl (C=O) groups is 2. The molecule has 6 heteroatoms. The number of hydrogen-bond acceptors (Lipinski definition) is 3. The summed E-state index contributed by atoms with van der Waals surface area (Å²) in [6.45, 7) is 3.61. The van der Waals surface area contributed by atoms with E-state index in [4.69, 9.17) is 0 Å². The molecule has 0 radical (unpaired) electrons. The van der Waals surface area contributed by atoms with Gasteiger partial charge in [0, 0.05) is 31.4 Å². The minimum atomic E-state index is -0.348. The number of nitrogens with one attached hydrogen (secondary N) is 1. The lowest BCUT2D eigenvalue weighted by Gasteiger charge is -2.40. The predicted molar refractivity (Wildman–Crippen MR) is 93.3 cm³/mol. The van der Waals surface area contributed by atoms with Crippen molar-refractivity contribution in [2.24, 2.45) is 11.8 Å². The van der Waals surface area contributed by atoms with E-state index in [1.807, 2.05) is 4.90 Å². The number of H-pyrrole nitrogens is 1. The van der Waals surface area contributed by atoms with Gasteiger partial charge < -0.3 is 14.8 Å². The minimum absolute atomic E-state index is 0.0975. The number of pyridine rings is 1. The molecule has 1 saturated carbocycles. The van der Waals surface area contributed by atoms with E-state index in [1.54, 1.807) is 24.0 Å². The van der Waals surface area contributed by atoms with Crippen molar-refractivity contribution in [1.29, 1.82) is 0 Å². The third-order valence-corrected chi connectivity index (χ3v) is 6.05. The van der Waals surface area contributed by atoms with Crippen LogP contribution in [0.1, 0.15) is 48.2 Å². The number of carbonyl (C=O) groups excluding carboxylic acids is 2. The van der Waals surface area contributed by atoms with E-state index in [1.165, 1.54) is 19.3 Å². The van der Waals surface area contributed by atoms with Crippen LogP contribution in [0.3, 0.4) is 0 Å². The minimum Gasteiger partial charge on any atom is -0.337 e. The Morgan fingerprint density at radius 2 is 1.96 bits per heavy atom. The van der Waals surface area contributed by atoms with Crippen LogP contribution in [0.15, 0.2) is 16.9 Å². The Morgan fingerprint density at radius 1 is 1.16 bits per heavy atom. The topological polar surface area (TPSA) is 73.5 Å². The molecule has 2 bridgehead atoms. The second-order valence-corrected chi connectivity index (χ2v) is 7.81. The largest absolute Gasteiger partial charge is 0.337 e. The third kappa shape index (κ3) is 2.98. The summed E-state index contributed by atoms with van der Waals surface area (Å²) < 4.78 is 0. The van der Waals surface area contributed by atoms with Gasteiger partial charge in [0.05, 0.1) is 5.92 Å². The molecule has 2 amide bonds. The third-order valence-electron chi connectivity index (χ3n) is 6.05. The van der Waals surface area contributed by atoms with Gasteiger partial charge in [0.15, 0.2) is 0 Å². The van der Waals surface area contributed by atoms with Gasteiger partial charge in [-0.25, -0.2) is 0 Å². The molecule has 3 aliphatic heterocycles. The standard InChI is InChI=1S/C19H25N3O3/c1-12-5-8-16(17(23)20-12)19(25)21-10-14-6-7-15(11-21)22(18(14)24)9-13-3-2-4-13/h5,8,13-15H,2-4,6-7,9-11H2,1H3,(H,20,23)/t14-,15+/m1/s1. The lowest BCUT2D eigenvalue weighted by Crippen LogP contribution is -2.50. The molecule has 2 atom stereocenters. The van der Waals surface area contributed by atoms with Crippen LogP contribution < -0.4 is 5.56 Å². The molecule has 134 valence electrons. The van der Waals surface area contributed by atoms with Crippen molar-refractivity contribution in [2.75, 3.05) is 19.6 Å². The van der Waals surface area contributed by atoms with Crippen molar-refractivity contribution < 1.29 is 9.59 Å². The summed E-state index contributed by atoms with van der Waals surface area (Å²) >= 11 is 0. The lowest BCUT2D eigenvalue weighted by molar-refractivity contribution is -0.141. The first-order valence-electron chi connectivity index (χ1n) is 9.32. The number of aromatic amines is 1. The average molecular weight is 343 g/mol. The highest BCUT2D eigenvalue weighted by atomic mass is 16.2. The maximum absolute atomic E-state index is 12.9. The Bertz CT molecular complexity index is 753. The number of nitrogens with zero attached hydrogens (tertiary/aromatic N) is 2. The Hall–Kier alpha value is -2.11. The lowest BCUT2D eigenvalue weighted by atomic mass is 9.83. The molecule has 3 saturated heterocycles. The molecular weight excluding hydrogens is 318 g/mol. The molecular formula is C19H25N3O3. The number of amides is 2. The van der Waals surface area contributed by atoms with E-state index in [0.29, 0.717) is 19.0 Å². The van der Waals surface area contributed by atoms with Crippen LogP contribution in [0.2, 0.25) is 0 Å². The molecule has 4 aliphatic rings. The Morgan fingerprint density at radius 3 is 2.64 bits per heavy atom. The first kappa shape index (κ1) is 16.4. The summed E-state index contributed by atoms with van der Waals surface area (Å²) in [5.41, 5.74) is 0.559. The second kappa shape index (κ2) is 6.32. The zero-order valence-corrected chi connectivity index (χ0v) is 14.7. The number of fused-ring (bicyclic) bond motifs is 4. The molecule has 5 rings (SSSR count). The molecule has 1 aromatic rings. The predicted octanol–water partition coefficient (Wildman–Crippen LogP) is 1.55. The summed E-state index contributed by atoms with van der Waals surface area (Å²) in [5, 5.41) is 0. The zero-order valence-electron chi connectivity index (χ0n) is 14.7. The van der Waals surface area contributed by atoms with E-state index < -0.39 is 0 Å². The summed E-state index contributed by atoms with van der Waals surface area (Å²) in [4.78, 5) is 44.3. The zero-order chi connectivity index (χ0) is 17.6. The quantitative estimate of drug-likeness (QED) is 0.905. The van der Waals surface area contributed by atoms with Gasteiger partial charge >= 0.3 is 0 Å². The maximum atomic E-state index is 12.9. The van der Waals surface area contributed by atoms with Gasteiger partial charge in [-0.3, -0.25) is 14.4 Å². The van der Waals surface area contributed by atoms with Crippen LogP contribution in [-0.2, 0) is 4.79 Å². The number of aryl methyl sites for hydroxylation is 1. The molecule has 0 unspecified atom stereocenters. The molecule has 1 aromatic heterocycles. The van der Waals surface area contributed by atoms with E-state index in [-0.39, 0.29) is 34.9 Å². The Labute approximate surface area is 147 Å². The van der Waals surface area contributed by atoms with Gasteiger partial charge in [0.1, 0.15) is 5.56 Å². The van der Waals surface area contributed by atoms with Crippen LogP contribution in [0.4, 0.5) is 0 Å². The van der Waals surface area contributed by atoms with Crippen molar-refractivity contribution in [3.8, 4) is 0 Å². The van der Waals surface area contributed by atoms with Gasteiger partial charge in [0.2, 0.25) is 5.91 Å². The maximum Gasteiger partial charge on any atom is 0.260 e. The van der Waals surface area contributed by atoms with Crippen LogP contribution >= 0.6 is 0 Å². The van der Waals surface area contributed by atoms with E-state index in [9.17, 15) is 14.4 Å². The number of rotatable bonds is 3. The number of hydrogen-bond donors (Lipinski definition) is 1. The van der Waals surface area contributed by atoms with Crippen LogP contribution in [0.25, 0.3) is 0 Å². The normalized spacial score (nSPS) is 26.5. The molecule has 1 N–H and O–H groups in total. The van der Waals surface area contributed by atoms with Crippen molar-refractivity contribution in [3.63, 3.8) is 0 Å². The first-order chi connectivity index (χ1) is 12.0. The van der Waals surface area contributed by atoms with Crippen molar-refractivity contribution in [1.82, 2.24) is 14.8 Å². The van der Waals surface area contributed by atoms with Gasteiger partial charge in [-0.15, -0.1) is 0 Å². The summed E-state index contributed by atoms with van der Waals surface area (Å²) in [6.07, 6.45) is 5.49. The summed E-state index contributed by atoms with van der Waals surface area (Å²) in [5.74, 6) is 0.465. The summed E-state index contributed by atoms with van der Waals surface area (Å²) in [6, 6.07) is 3.44. The van der Waals surface area contributed by atoms with Gasteiger partial charge in [0.25, 0.3) is 11.5 Å². The fraction of sp³-hybridized carbons (Fsp3) is 0.632. The number of aromatic nitrogens is 1. The van der Waals surface area contributed by atoms with Gasteiger partial charge in [-0.05, 0) is 50.7 Å². The fourth-order valence-corrected chi connectivity index (χ4v) is 4.31. The second-order valence-electron chi connectivity index (χ2n) is 7.81. The first-order valence-corrected chi connectivity index (χ1v) is 9.32. The highest BCUT2D eigenvalue weighted by molar-refractivity contribution is 5.94. The van der Waals surface area contributed by atoms with E-state index >= 15 is 0 Å². The summed E-state index contributed by atoms with van der Waals surface area (Å²) in [7, 11) is 0. The molecule has 0 spiro atoms. The van der Waals surface area contributed by atoms with Crippen molar-refractivity contribution in [3.05, 3.63) is 33.7 Å². The van der Waals surface area contributed by atoms with Crippen LogP contribution in [-0.4, -0.2) is 52.3 Å². The Balaban J connectivity index is 1.55. The van der Waals surface area contributed by atoms with Gasteiger partial charge in [-0.2, -0.15) is 0 Å².